The standard InChI is InChI=1S/C14H23NO4/c1-14(2,3)19-13(18)15-10-7-5-4-6-9(10)8-11(15)12(16)17/h9-11H,4-8H2,1-3H3,(H,16,17)/t9-,10-,11+/m0/s1. The predicted molar refractivity (Wildman–Crippen MR) is 69.9 cm³/mol. The molecule has 0 radical (unpaired) electrons. The Labute approximate surface area is 113 Å². The zero-order valence-electron chi connectivity index (χ0n) is 11.9. The highest BCUT2D eigenvalue weighted by Gasteiger charge is 2.48. The molecule has 2 aliphatic rings. The average molecular weight is 269 g/mol. The lowest BCUT2D eigenvalue weighted by molar-refractivity contribution is -0.142. The van der Waals surface area contributed by atoms with E-state index < -0.39 is 23.7 Å². The number of carbonyl (C=O) groups excluding carboxylic acids is 1. The molecule has 1 saturated carbocycles. The molecule has 3 atom stereocenters. The smallest absolute Gasteiger partial charge is 0.411 e. The minimum absolute atomic E-state index is 0.0460. The summed E-state index contributed by atoms with van der Waals surface area (Å²) in [5.74, 6) is -0.595. The molecule has 1 amide bonds. The summed E-state index contributed by atoms with van der Waals surface area (Å²) in [6, 6.07) is -0.673. The van der Waals surface area contributed by atoms with Gasteiger partial charge in [-0.2, -0.15) is 0 Å². The zero-order valence-corrected chi connectivity index (χ0v) is 11.9. The third-order valence-electron chi connectivity index (χ3n) is 3.98. The summed E-state index contributed by atoms with van der Waals surface area (Å²) in [7, 11) is 0. The maximum atomic E-state index is 12.3. The summed E-state index contributed by atoms with van der Waals surface area (Å²) in [5.41, 5.74) is -0.590. The molecule has 2 rings (SSSR count). The molecular weight excluding hydrogens is 246 g/mol. The van der Waals surface area contributed by atoms with Crippen molar-refractivity contribution in [2.75, 3.05) is 0 Å². The van der Waals surface area contributed by atoms with Crippen LogP contribution in [-0.4, -0.2) is 39.8 Å². The van der Waals surface area contributed by atoms with Crippen LogP contribution >= 0.6 is 0 Å². The van der Waals surface area contributed by atoms with Gasteiger partial charge in [0, 0.05) is 6.04 Å². The van der Waals surface area contributed by atoms with Crippen LogP contribution in [0.3, 0.4) is 0 Å². The zero-order chi connectivity index (χ0) is 14.2. The van der Waals surface area contributed by atoms with Gasteiger partial charge < -0.3 is 9.84 Å². The maximum Gasteiger partial charge on any atom is 0.411 e. The number of carbonyl (C=O) groups is 2. The van der Waals surface area contributed by atoms with Crippen molar-refractivity contribution in [3.63, 3.8) is 0 Å². The van der Waals surface area contributed by atoms with Crippen LogP contribution < -0.4 is 0 Å². The van der Waals surface area contributed by atoms with Crippen LogP contribution in [0.2, 0.25) is 0 Å². The molecular formula is C14H23NO4. The molecule has 5 nitrogen and oxygen atoms in total. The van der Waals surface area contributed by atoms with E-state index >= 15 is 0 Å². The lowest BCUT2D eigenvalue weighted by atomic mass is 9.85. The Balaban J connectivity index is 2.17. The average Bonchev–Trinajstić information content (AvgIpc) is 2.65. The highest BCUT2D eigenvalue weighted by molar-refractivity contribution is 5.81. The van der Waals surface area contributed by atoms with E-state index in [1.54, 1.807) is 20.8 Å². The van der Waals surface area contributed by atoms with Crippen LogP contribution in [0.1, 0.15) is 52.9 Å². The van der Waals surface area contributed by atoms with Crippen molar-refractivity contribution >= 4 is 12.1 Å². The summed E-state index contributed by atoms with van der Waals surface area (Å²) in [5, 5.41) is 9.33. The summed E-state index contributed by atoms with van der Waals surface area (Å²) >= 11 is 0. The van der Waals surface area contributed by atoms with Gasteiger partial charge in [0.15, 0.2) is 0 Å². The topological polar surface area (TPSA) is 66.8 Å². The molecule has 0 aromatic carbocycles. The first-order valence-corrected chi connectivity index (χ1v) is 7.04. The number of rotatable bonds is 1. The van der Waals surface area contributed by atoms with E-state index in [1.807, 2.05) is 0 Å². The number of fused-ring (bicyclic) bond motifs is 1. The van der Waals surface area contributed by atoms with Gasteiger partial charge in [-0.3, -0.25) is 4.90 Å². The van der Waals surface area contributed by atoms with Crippen molar-refractivity contribution in [3.05, 3.63) is 0 Å². The van der Waals surface area contributed by atoms with Crippen LogP contribution in [0.4, 0.5) is 4.79 Å². The molecule has 19 heavy (non-hydrogen) atoms. The summed E-state index contributed by atoms with van der Waals surface area (Å²) in [6.45, 7) is 5.40. The predicted octanol–water partition coefficient (Wildman–Crippen LogP) is 2.64. The van der Waals surface area contributed by atoms with Crippen LogP contribution in [0.15, 0.2) is 0 Å². The van der Waals surface area contributed by atoms with E-state index in [2.05, 4.69) is 0 Å². The van der Waals surface area contributed by atoms with Crippen LogP contribution in [0.5, 0.6) is 0 Å². The van der Waals surface area contributed by atoms with E-state index in [-0.39, 0.29) is 6.04 Å². The number of amides is 1. The fourth-order valence-electron chi connectivity index (χ4n) is 3.26. The second-order valence-corrected chi connectivity index (χ2v) is 6.59. The third kappa shape index (κ3) is 3.01. The van der Waals surface area contributed by atoms with E-state index in [4.69, 9.17) is 4.74 Å². The second kappa shape index (κ2) is 5.02. The Morgan fingerprint density at radius 2 is 1.84 bits per heavy atom. The fraction of sp³-hybridized carbons (Fsp3) is 0.857. The number of ether oxygens (including phenoxy) is 1. The molecule has 5 heteroatoms. The maximum absolute atomic E-state index is 12.3. The number of nitrogens with zero attached hydrogens (tertiary/aromatic N) is 1. The van der Waals surface area contributed by atoms with E-state index in [1.165, 1.54) is 4.90 Å². The first-order chi connectivity index (χ1) is 8.79. The SMILES string of the molecule is CC(C)(C)OC(=O)N1[C@@H](C(=O)O)C[C@@H]2CCCC[C@@H]21. The van der Waals surface area contributed by atoms with E-state index in [9.17, 15) is 14.7 Å². The van der Waals surface area contributed by atoms with Crippen LogP contribution in [0, 0.1) is 5.92 Å². The number of likely N-dealkylation sites (tertiary alicyclic amines) is 1. The molecule has 108 valence electrons. The molecule has 0 unspecified atom stereocenters. The highest BCUT2D eigenvalue weighted by Crippen LogP contribution is 2.40. The first-order valence-electron chi connectivity index (χ1n) is 7.04. The minimum Gasteiger partial charge on any atom is -0.480 e. The van der Waals surface area contributed by atoms with Gasteiger partial charge in [-0.25, -0.2) is 9.59 Å². The van der Waals surface area contributed by atoms with Gasteiger partial charge in [0.25, 0.3) is 0 Å². The Hall–Kier alpha value is -1.26. The van der Waals surface area contributed by atoms with Crippen molar-refractivity contribution in [2.45, 2.75) is 70.6 Å². The van der Waals surface area contributed by atoms with Gasteiger partial charge in [-0.15, -0.1) is 0 Å². The van der Waals surface area contributed by atoms with Crippen molar-refractivity contribution in [3.8, 4) is 0 Å². The molecule has 1 aliphatic heterocycles. The van der Waals surface area contributed by atoms with Gasteiger partial charge in [0.2, 0.25) is 0 Å². The number of hydrogen-bond acceptors (Lipinski definition) is 3. The lowest BCUT2D eigenvalue weighted by Gasteiger charge is -2.34. The first kappa shape index (κ1) is 14.2. The third-order valence-corrected chi connectivity index (χ3v) is 3.98. The Morgan fingerprint density at radius 1 is 1.21 bits per heavy atom. The van der Waals surface area contributed by atoms with Crippen LogP contribution in [0.25, 0.3) is 0 Å². The van der Waals surface area contributed by atoms with Crippen molar-refractivity contribution in [1.29, 1.82) is 0 Å². The Morgan fingerprint density at radius 3 is 2.42 bits per heavy atom. The minimum atomic E-state index is -0.916. The second-order valence-electron chi connectivity index (χ2n) is 6.59. The monoisotopic (exact) mass is 269 g/mol. The number of carboxylic acids is 1. The molecule has 1 N–H and O–H groups in total. The van der Waals surface area contributed by atoms with Crippen molar-refractivity contribution < 1.29 is 19.4 Å². The van der Waals surface area contributed by atoms with Gasteiger partial charge in [-0.1, -0.05) is 12.8 Å². The molecule has 0 aromatic heterocycles. The van der Waals surface area contributed by atoms with Gasteiger partial charge in [0.1, 0.15) is 11.6 Å². The van der Waals surface area contributed by atoms with Crippen LogP contribution in [-0.2, 0) is 9.53 Å². The Kier molecular flexibility index (Phi) is 3.74. The fourth-order valence-corrected chi connectivity index (χ4v) is 3.26. The largest absolute Gasteiger partial charge is 0.480 e. The van der Waals surface area contributed by atoms with Gasteiger partial charge >= 0.3 is 12.1 Å². The summed E-state index contributed by atoms with van der Waals surface area (Å²) in [4.78, 5) is 25.1. The Bertz CT molecular complexity index is 374. The summed E-state index contributed by atoms with van der Waals surface area (Å²) < 4.78 is 5.37. The molecule has 0 bridgehead atoms. The van der Waals surface area contributed by atoms with Gasteiger partial charge in [0.05, 0.1) is 0 Å². The van der Waals surface area contributed by atoms with Crippen molar-refractivity contribution in [1.82, 2.24) is 4.90 Å². The number of carboxylic acid groups (broad SMARTS) is 1. The molecule has 1 saturated heterocycles. The van der Waals surface area contributed by atoms with Gasteiger partial charge in [-0.05, 0) is 46.0 Å². The highest BCUT2D eigenvalue weighted by atomic mass is 16.6. The van der Waals surface area contributed by atoms with Crippen molar-refractivity contribution in [2.24, 2.45) is 5.92 Å². The quantitative estimate of drug-likeness (QED) is 0.794. The molecule has 1 aliphatic carbocycles. The molecule has 2 fully saturated rings. The van der Waals surface area contributed by atoms with E-state index in [0.717, 1.165) is 25.7 Å². The molecule has 0 aromatic rings. The molecule has 0 spiro atoms. The summed E-state index contributed by atoms with van der Waals surface area (Å²) in [6.07, 6.45) is 4.21. The molecule has 1 heterocycles. The van der Waals surface area contributed by atoms with E-state index in [0.29, 0.717) is 12.3 Å². The normalized spacial score (nSPS) is 30.9. The number of aliphatic carboxylic acids is 1. The number of hydrogen-bond donors (Lipinski definition) is 1. The lowest BCUT2D eigenvalue weighted by Crippen LogP contribution is -2.48.